The monoisotopic (exact) mass is 341 g/mol. The molecule has 2 atom stereocenters. The number of carbonyl (C=O) groups is 1. The molecule has 8 heteroatoms. The van der Waals surface area contributed by atoms with Gasteiger partial charge in [-0.1, -0.05) is 40.0 Å². The van der Waals surface area contributed by atoms with Gasteiger partial charge in [0, 0.05) is 24.9 Å². The molecule has 0 aliphatic carbocycles. The van der Waals surface area contributed by atoms with Gasteiger partial charge in [-0.15, -0.1) is 5.10 Å². The predicted octanol–water partition coefficient (Wildman–Crippen LogP) is 2.25. The average Bonchev–Trinajstić information content (AvgIpc) is 3.35. The lowest BCUT2D eigenvalue weighted by atomic mass is 9.88. The third-order valence-corrected chi connectivity index (χ3v) is 5.21. The predicted molar refractivity (Wildman–Crippen MR) is 86.8 cm³/mol. The zero-order valence-corrected chi connectivity index (χ0v) is 13.8. The Bertz CT molecular complexity index is 833. The van der Waals surface area contributed by atoms with Crippen LogP contribution in [0.4, 0.5) is 0 Å². The quantitative estimate of drug-likeness (QED) is 0.726. The Morgan fingerprint density at radius 2 is 2.04 bits per heavy atom. The summed E-state index contributed by atoms with van der Waals surface area (Å²) in [7, 11) is 0. The number of aromatic nitrogens is 4. The van der Waals surface area contributed by atoms with Crippen molar-refractivity contribution in [2.24, 2.45) is 0 Å². The Hall–Kier alpha value is -2.61. The molecule has 0 unspecified atom stereocenters. The van der Waals surface area contributed by atoms with Crippen LogP contribution in [-0.2, 0) is 0 Å². The van der Waals surface area contributed by atoms with E-state index in [0.29, 0.717) is 29.5 Å². The van der Waals surface area contributed by atoms with Gasteiger partial charge in [-0.25, -0.2) is 0 Å². The number of hydrogen-bond acceptors (Lipinski definition) is 7. The summed E-state index contributed by atoms with van der Waals surface area (Å²) >= 11 is 1.14. The maximum atomic E-state index is 12.8. The lowest BCUT2D eigenvalue weighted by Crippen LogP contribution is -2.28. The maximum absolute atomic E-state index is 12.8. The number of rotatable bonds is 3. The fourth-order valence-corrected chi connectivity index (χ4v) is 3.81. The van der Waals surface area contributed by atoms with Crippen LogP contribution in [0.1, 0.15) is 38.6 Å². The van der Waals surface area contributed by atoms with E-state index in [4.69, 9.17) is 4.52 Å². The summed E-state index contributed by atoms with van der Waals surface area (Å²) in [6.45, 7) is 2.97. The molecule has 24 heavy (non-hydrogen) atoms. The third-order valence-electron chi connectivity index (χ3n) is 4.39. The Labute approximate surface area is 142 Å². The lowest BCUT2D eigenvalue weighted by molar-refractivity contribution is 0.0792. The van der Waals surface area contributed by atoms with Crippen LogP contribution < -0.4 is 0 Å². The van der Waals surface area contributed by atoms with Crippen molar-refractivity contribution in [2.75, 3.05) is 13.1 Å². The molecule has 0 radical (unpaired) electrons. The van der Waals surface area contributed by atoms with Crippen molar-refractivity contribution >= 4 is 17.4 Å². The maximum Gasteiger partial charge on any atom is 0.267 e. The van der Waals surface area contributed by atoms with E-state index in [2.05, 4.69) is 31.9 Å². The van der Waals surface area contributed by atoms with Crippen molar-refractivity contribution in [1.82, 2.24) is 24.6 Å². The van der Waals surface area contributed by atoms with Crippen LogP contribution in [0.3, 0.4) is 0 Å². The lowest BCUT2D eigenvalue weighted by Gasteiger charge is -2.15. The molecule has 0 bridgehead atoms. The molecule has 1 aliphatic rings. The minimum Gasteiger partial charge on any atom is -0.343 e. The first-order valence-corrected chi connectivity index (χ1v) is 8.41. The molecule has 3 heterocycles. The largest absolute Gasteiger partial charge is 0.343 e. The van der Waals surface area contributed by atoms with E-state index in [1.807, 2.05) is 23.1 Å². The van der Waals surface area contributed by atoms with E-state index in [0.717, 1.165) is 11.5 Å². The summed E-state index contributed by atoms with van der Waals surface area (Å²) in [6.07, 6.45) is 1.33. The highest BCUT2D eigenvalue weighted by Crippen LogP contribution is 2.39. The van der Waals surface area contributed by atoms with Crippen molar-refractivity contribution in [2.45, 2.75) is 18.8 Å². The standard InChI is InChI=1S/C16H15N5O2S/c1-10-14(24-20-18-10)16(22)21-7-12(11-5-3-2-4-6-11)13(8-21)15-17-9-23-19-15/h2-6,9,12-13H,7-8H2,1H3/t12-,13+/m0/s1. The van der Waals surface area contributed by atoms with E-state index < -0.39 is 0 Å². The second kappa shape index (κ2) is 6.12. The molecular weight excluding hydrogens is 326 g/mol. The number of likely N-dealkylation sites (tertiary alicyclic amines) is 1. The van der Waals surface area contributed by atoms with E-state index >= 15 is 0 Å². The molecule has 0 saturated carbocycles. The number of hydrogen-bond donors (Lipinski definition) is 0. The molecule has 1 aromatic carbocycles. The Balaban J connectivity index is 1.66. The molecule has 7 nitrogen and oxygen atoms in total. The first-order chi connectivity index (χ1) is 11.7. The number of benzene rings is 1. The fourth-order valence-electron chi connectivity index (χ4n) is 3.18. The molecule has 3 aromatic rings. The van der Waals surface area contributed by atoms with Gasteiger partial charge < -0.3 is 9.42 Å². The molecule has 4 rings (SSSR count). The van der Waals surface area contributed by atoms with Crippen LogP contribution in [0.5, 0.6) is 0 Å². The summed E-state index contributed by atoms with van der Waals surface area (Å²) < 4.78 is 8.78. The molecule has 0 N–H and O–H groups in total. The van der Waals surface area contributed by atoms with Crippen LogP contribution in [0.15, 0.2) is 41.2 Å². The highest BCUT2D eigenvalue weighted by atomic mass is 32.1. The highest BCUT2D eigenvalue weighted by Gasteiger charge is 2.40. The van der Waals surface area contributed by atoms with Gasteiger partial charge in [-0.2, -0.15) is 4.98 Å². The van der Waals surface area contributed by atoms with Gasteiger partial charge in [0.1, 0.15) is 4.88 Å². The number of carbonyl (C=O) groups excluding carboxylic acids is 1. The average molecular weight is 341 g/mol. The summed E-state index contributed by atoms with van der Waals surface area (Å²) in [5.74, 6) is 0.748. The molecule has 1 aliphatic heterocycles. The van der Waals surface area contributed by atoms with Gasteiger partial charge in [0.05, 0.1) is 5.69 Å². The molecular formula is C16H15N5O2S. The molecule has 122 valence electrons. The highest BCUT2D eigenvalue weighted by molar-refractivity contribution is 7.07. The van der Waals surface area contributed by atoms with Crippen LogP contribution in [0.2, 0.25) is 0 Å². The zero-order valence-electron chi connectivity index (χ0n) is 13.0. The van der Waals surface area contributed by atoms with Crippen LogP contribution in [0, 0.1) is 6.92 Å². The second-order valence-electron chi connectivity index (χ2n) is 5.81. The van der Waals surface area contributed by atoms with Crippen LogP contribution in [-0.4, -0.2) is 43.6 Å². The summed E-state index contributed by atoms with van der Waals surface area (Å²) in [6, 6.07) is 10.1. The SMILES string of the molecule is Cc1nnsc1C(=O)N1C[C@@H](c2ccccc2)[C@H](c2ncon2)C1. The molecule has 0 spiro atoms. The number of amides is 1. The summed E-state index contributed by atoms with van der Waals surface area (Å²) in [4.78, 5) is 19.5. The van der Waals surface area contributed by atoms with Crippen LogP contribution >= 0.6 is 11.5 Å². The summed E-state index contributed by atoms with van der Waals surface area (Å²) in [5.41, 5.74) is 1.84. The number of nitrogens with zero attached hydrogens (tertiary/aromatic N) is 5. The van der Waals surface area contributed by atoms with Gasteiger partial charge in [-0.3, -0.25) is 4.79 Å². The molecule has 1 amide bonds. The smallest absolute Gasteiger partial charge is 0.267 e. The Kier molecular flexibility index (Phi) is 3.81. The van der Waals surface area contributed by atoms with Gasteiger partial charge in [0.2, 0.25) is 6.39 Å². The molecule has 2 aromatic heterocycles. The third kappa shape index (κ3) is 2.58. The van der Waals surface area contributed by atoms with Gasteiger partial charge >= 0.3 is 0 Å². The topological polar surface area (TPSA) is 85.0 Å². The van der Waals surface area contributed by atoms with E-state index in [1.54, 1.807) is 6.92 Å². The van der Waals surface area contributed by atoms with Crippen molar-refractivity contribution in [3.63, 3.8) is 0 Å². The Morgan fingerprint density at radius 3 is 2.71 bits per heavy atom. The fraction of sp³-hybridized carbons (Fsp3) is 0.312. The molecule has 1 fully saturated rings. The number of aryl methyl sites for hydroxylation is 1. The van der Waals surface area contributed by atoms with Crippen LogP contribution in [0.25, 0.3) is 0 Å². The normalized spacial score (nSPS) is 20.5. The van der Waals surface area contributed by atoms with E-state index in [1.165, 1.54) is 12.0 Å². The van der Waals surface area contributed by atoms with Crippen molar-refractivity contribution < 1.29 is 9.32 Å². The Morgan fingerprint density at radius 1 is 1.25 bits per heavy atom. The van der Waals surface area contributed by atoms with Gasteiger partial charge in [-0.05, 0) is 24.0 Å². The first-order valence-electron chi connectivity index (χ1n) is 7.63. The van der Waals surface area contributed by atoms with E-state index in [9.17, 15) is 4.79 Å². The molecule has 1 saturated heterocycles. The van der Waals surface area contributed by atoms with Crippen molar-refractivity contribution in [1.29, 1.82) is 0 Å². The van der Waals surface area contributed by atoms with E-state index in [-0.39, 0.29) is 17.7 Å². The zero-order chi connectivity index (χ0) is 16.5. The second-order valence-corrected chi connectivity index (χ2v) is 6.56. The minimum atomic E-state index is -0.0329. The van der Waals surface area contributed by atoms with Crippen molar-refractivity contribution in [3.05, 3.63) is 58.7 Å². The summed E-state index contributed by atoms with van der Waals surface area (Å²) in [5, 5.41) is 7.94. The van der Waals surface area contributed by atoms with Gasteiger partial charge in [0.15, 0.2) is 5.82 Å². The minimum absolute atomic E-state index is 0.0105. The van der Waals surface area contributed by atoms with Gasteiger partial charge in [0.25, 0.3) is 5.91 Å². The first kappa shape index (κ1) is 14.9. The van der Waals surface area contributed by atoms with Crippen molar-refractivity contribution in [3.8, 4) is 0 Å².